The van der Waals surface area contributed by atoms with Crippen molar-refractivity contribution in [1.29, 1.82) is 0 Å². The van der Waals surface area contributed by atoms with E-state index in [-0.39, 0.29) is 6.54 Å². The molecule has 0 spiro atoms. The van der Waals surface area contributed by atoms with E-state index in [1.165, 1.54) is 28.6 Å². The molecule has 0 aliphatic rings. The van der Waals surface area contributed by atoms with Gasteiger partial charge in [-0.15, -0.1) is 5.92 Å². The molecule has 1 aromatic heterocycles. The molecule has 21 heavy (non-hydrogen) atoms. The van der Waals surface area contributed by atoms with Gasteiger partial charge in [0.2, 0.25) is 0 Å². The number of hydrogen-bond acceptors (Lipinski definition) is 3. The third kappa shape index (κ3) is 3.01. The zero-order chi connectivity index (χ0) is 15.4. The molecule has 0 saturated heterocycles. The van der Waals surface area contributed by atoms with Gasteiger partial charge in [-0.05, 0) is 25.1 Å². The van der Waals surface area contributed by atoms with Crippen LogP contribution < -0.4 is 15.9 Å². The van der Waals surface area contributed by atoms with Gasteiger partial charge >= 0.3 is 11.1 Å². The van der Waals surface area contributed by atoms with Gasteiger partial charge in [-0.3, -0.25) is 18.7 Å². The van der Waals surface area contributed by atoms with Crippen LogP contribution in [-0.4, -0.2) is 16.2 Å². The third-order valence-electron chi connectivity index (χ3n) is 2.90. The summed E-state index contributed by atoms with van der Waals surface area (Å²) in [6.45, 7) is 1.86. The van der Waals surface area contributed by atoms with Crippen LogP contribution in [-0.2, 0) is 6.54 Å². The molecule has 0 fully saturated rings. The van der Waals surface area contributed by atoms with Gasteiger partial charge < -0.3 is 4.74 Å². The topological polar surface area (TPSA) is 53.2 Å². The van der Waals surface area contributed by atoms with Crippen molar-refractivity contribution in [3.8, 4) is 23.3 Å². The van der Waals surface area contributed by atoms with Crippen molar-refractivity contribution < 1.29 is 4.74 Å². The highest BCUT2D eigenvalue weighted by Gasteiger charge is 2.08. The average molecular weight is 305 g/mol. The van der Waals surface area contributed by atoms with Crippen LogP contribution in [0.15, 0.2) is 40.2 Å². The Hall–Kier alpha value is -2.45. The molecule has 1 aromatic carbocycles. The van der Waals surface area contributed by atoms with E-state index >= 15 is 0 Å². The van der Waals surface area contributed by atoms with Gasteiger partial charge in [0.1, 0.15) is 5.75 Å². The largest absolute Gasteiger partial charge is 0.495 e. The Balaban J connectivity index is 2.52. The predicted octanol–water partition coefficient (Wildman–Crippen LogP) is 1.68. The number of hydrogen-bond donors (Lipinski definition) is 0. The molecule has 0 saturated carbocycles. The van der Waals surface area contributed by atoms with Crippen LogP contribution in [0.5, 0.6) is 5.75 Å². The van der Waals surface area contributed by atoms with Crippen LogP contribution in [0.4, 0.5) is 0 Å². The molecule has 0 unspecified atom stereocenters. The van der Waals surface area contributed by atoms with Crippen LogP contribution in [0.2, 0.25) is 5.02 Å². The maximum absolute atomic E-state index is 12.1. The van der Waals surface area contributed by atoms with Gasteiger partial charge in [0.05, 0.1) is 24.4 Å². The van der Waals surface area contributed by atoms with Crippen LogP contribution >= 0.6 is 11.6 Å². The highest BCUT2D eigenvalue weighted by Crippen LogP contribution is 2.25. The number of halogens is 1. The van der Waals surface area contributed by atoms with E-state index in [1.54, 1.807) is 25.1 Å². The summed E-state index contributed by atoms with van der Waals surface area (Å²) in [4.78, 5) is 24.1. The fourth-order valence-electron chi connectivity index (χ4n) is 1.81. The molecule has 2 rings (SSSR count). The van der Waals surface area contributed by atoms with Crippen LogP contribution in [0.3, 0.4) is 0 Å². The van der Waals surface area contributed by atoms with Gasteiger partial charge in [0, 0.05) is 12.4 Å². The van der Waals surface area contributed by atoms with Crippen molar-refractivity contribution in [2.75, 3.05) is 7.11 Å². The molecule has 0 N–H and O–H groups in total. The molecule has 2 aromatic rings. The first-order valence-corrected chi connectivity index (χ1v) is 6.52. The van der Waals surface area contributed by atoms with Gasteiger partial charge in [0.15, 0.2) is 0 Å². The summed E-state index contributed by atoms with van der Waals surface area (Å²) in [6.07, 6.45) is 3.03. The number of ether oxygens (including phenoxy) is 1. The maximum Gasteiger partial charge on any atom is 0.321 e. The van der Waals surface area contributed by atoms with Crippen molar-refractivity contribution in [1.82, 2.24) is 9.13 Å². The Morgan fingerprint density at radius 1 is 1.24 bits per heavy atom. The zero-order valence-electron chi connectivity index (χ0n) is 11.6. The standard InChI is InChI=1S/C15H13ClN2O3/c1-3-4-7-17-8-9-18(15(20)14(17)19)11-5-6-13(21-2)12(16)10-11/h5-6,8-10H,7H2,1-2H3. The molecule has 0 aliphatic heterocycles. The average Bonchev–Trinajstić information content (AvgIpc) is 2.49. The number of methoxy groups -OCH3 is 1. The zero-order valence-corrected chi connectivity index (χ0v) is 12.3. The van der Waals surface area contributed by atoms with Crippen LogP contribution in [0, 0.1) is 11.8 Å². The summed E-state index contributed by atoms with van der Waals surface area (Å²) in [6, 6.07) is 4.86. The SMILES string of the molecule is CC#CCn1ccn(-c2ccc(OC)c(Cl)c2)c(=O)c1=O. The number of rotatable bonds is 3. The Bertz CT molecular complexity index is 840. The third-order valence-corrected chi connectivity index (χ3v) is 3.19. The minimum Gasteiger partial charge on any atom is -0.495 e. The minimum atomic E-state index is -0.656. The Morgan fingerprint density at radius 2 is 2.00 bits per heavy atom. The summed E-state index contributed by atoms with van der Waals surface area (Å²) in [5.74, 6) is 5.92. The van der Waals surface area contributed by atoms with Gasteiger partial charge in [-0.25, -0.2) is 0 Å². The second-order valence-electron chi connectivity index (χ2n) is 4.15. The molecule has 0 atom stereocenters. The van der Waals surface area contributed by atoms with E-state index in [0.29, 0.717) is 16.5 Å². The van der Waals surface area contributed by atoms with Crippen molar-refractivity contribution in [3.63, 3.8) is 0 Å². The lowest BCUT2D eigenvalue weighted by molar-refractivity contribution is 0.415. The summed E-state index contributed by atoms with van der Waals surface area (Å²) >= 11 is 6.03. The van der Waals surface area contributed by atoms with Crippen molar-refractivity contribution in [3.05, 3.63) is 56.3 Å². The number of aromatic nitrogens is 2. The highest BCUT2D eigenvalue weighted by molar-refractivity contribution is 6.32. The van der Waals surface area contributed by atoms with E-state index in [1.807, 2.05) is 0 Å². The quantitative estimate of drug-likeness (QED) is 0.640. The number of benzene rings is 1. The fourth-order valence-corrected chi connectivity index (χ4v) is 2.06. The van der Waals surface area contributed by atoms with E-state index in [4.69, 9.17) is 16.3 Å². The molecule has 0 bridgehead atoms. The van der Waals surface area contributed by atoms with Crippen LogP contribution in [0.1, 0.15) is 6.92 Å². The fraction of sp³-hybridized carbons (Fsp3) is 0.200. The summed E-state index contributed by atoms with van der Waals surface area (Å²) in [5.41, 5.74) is -0.791. The second kappa shape index (κ2) is 6.33. The molecular formula is C15H13ClN2O3. The monoisotopic (exact) mass is 304 g/mol. The van der Waals surface area contributed by atoms with Crippen molar-refractivity contribution in [2.24, 2.45) is 0 Å². The molecule has 0 aliphatic carbocycles. The first kappa shape index (κ1) is 14.9. The maximum atomic E-state index is 12.1. The second-order valence-corrected chi connectivity index (χ2v) is 4.56. The van der Waals surface area contributed by atoms with Gasteiger partial charge in [-0.1, -0.05) is 17.5 Å². The lowest BCUT2D eigenvalue weighted by Gasteiger charge is -2.09. The highest BCUT2D eigenvalue weighted by atomic mass is 35.5. The van der Waals surface area contributed by atoms with Gasteiger partial charge in [0.25, 0.3) is 0 Å². The molecule has 1 heterocycles. The van der Waals surface area contributed by atoms with E-state index in [2.05, 4.69) is 11.8 Å². The molecule has 108 valence electrons. The molecule has 0 radical (unpaired) electrons. The smallest absolute Gasteiger partial charge is 0.321 e. The summed E-state index contributed by atoms with van der Waals surface area (Å²) in [5, 5.41) is 0.364. The first-order valence-electron chi connectivity index (χ1n) is 6.14. The van der Waals surface area contributed by atoms with E-state index in [0.717, 1.165) is 0 Å². The minimum absolute atomic E-state index is 0.189. The Kier molecular flexibility index (Phi) is 4.51. The lowest BCUT2D eigenvalue weighted by Crippen LogP contribution is -2.39. The van der Waals surface area contributed by atoms with Crippen LogP contribution in [0.25, 0.3) is 5.69 Å². The van der Waals surface area contributed by atoms with E-state index < -0.39 is 11.1 Å². The summed E-state index contributed by atoms with van der Waals surface area (Å²) in [7, 11) is 1.50. The molecule has 6 heteroatoms. The predicted molar refractivity (Wildman–Crippen MR) is 81.3 cm³/mol. The lowest BCUT2D eigenvalue weighted by atomic mass is 10.3. The summed E-state index contributed by atoms with van der Waals surface area (Å²) < 4.78 is 7.56. The van der Waals surface area contributed by atoms with E-state index in [9.17, 15) is 9.59 Å². The Morgan fingerprint density at radius 3 is 2.62 bits per heavy atom. The Labute approximate surface area is 126 Å². The molecule has 0 amide bonds. The van der Waals surface area contributed by atoms with Crippen molar-refractivity contribution >= 4 is 11.6 Å². The first-order chi connectivity index (χ1) is 10.1. The number of nitrogens with zero attached hydrogens (tertiary/aromatic N) is 2. The molecule has 5 nitrogen and oxygen atoms in total. The normalized spacial score (nSPS) is 9.86. The van der Waals surface area contributed by atoms with Gasteiger partial charge in [-0.2, -0.15) is 0 Å². The van der Waals surface area contributed by atoms with Crippen molar-refractivity contribution in [2.45, 2.75) is 13.5 Å². The molecular weight excluding hydrogens is 292 g/mol.